The second kappa shape index (κ2) is 9.96. The number of hydrogen-bond donors (Lipinski definition) is 0. The van der Waals surface area contributed by atoms with Crippen LogP contribution in [0.2, 0.25) is 0 Å². The zero-order valence-corrected chi connectivity index (χ0v) is 19.8. The normalized spacial score (nSPS) is 11.3. The van der Waals surface area contributed by atoms with Crippen LogP contribution in [0.25, 0.3) is 11.0 Å². The number of imidazole rings is 1. The van der Waals surface area contributed by atoms with E-state index >= 15 is 0 Å². The number of aryl methyl sites for hydroxylation is 3. The van der Waals surface area contributed by atoms with Crippen LogP contribution in [0.3, 0.4) is 0 Å². The van der Waals surface area contributed by atoms with Gasteiger partial charge in [0.1, 0.15) is 11.6 Å². The first kappa shape index (κ1) is 22.0. The molecule has 0 atom stereocenters. The molecule has 0 amide bonds. The Morgan fingerprint density at radius 3 is 2.06 bits per heavy atom. The molecule has 5 rings (SSSR count). The molecule has 1 aromatic heterocycles. The Kier molecular flexibility index (Phi) is 6.44. The largest absolute Gasteiger partial charge is 0.494 e. The standard InChI is InChI=1S/C31H30N2O/c1-23-18-19-27(22-24(23)2)34-21-11-20-33-29-17-10-9-16-28(29)32-31(33)30(25-12-5-3-6-13-25)26-14-7-4-8-15-26/h3-10,12-19,22,30H,11,20-21H2,1-2H3. The Morgan fingerprint density at radius 2 is 1.38 bits per heavy atom. The third-order valence-corrected chi connectivity index (χ3v) is 6.48. The van der Waals surface area contributed by atoms with Crippen LogP contribution in [0.1, 0.15) is 40.4 Å². The Bertz CT molecular complexity index is 1330. The maximum absolute atomic E-state index is 6.09. The van der Waals surface area contributed by atoms with Gasteiger partial charge in [-0.25, -0.2) is 4.98 Å². The summed E-state index contributed by atoms with van der Waals surface area (Å²) in [7, 11) is 0. The molecule has 4 aromatic carbocycles. The zero-order chi connectivity index (χ0) is 23.3. The Labute approximate surface area is 201 Å². The Morgan fingerprint density at radius 1 is 0.735 bits per heavy atom. The topological polar surface area (TPSA) is 27.1 Å². The van der Waals surface area contributed by atoms with Crippen LogP contribution in [0.5, 0.6) is 5.75 Å². The minimum absolute atomic E-state index is 0.0652. The summed E-state index contributed by atoms with van der Waals surface area (Å²) in [6.07, 6.45) is 0.899. The summed E-state index contributed by atoms with van der Waals surface area (Å²) in [5, 5.41) is 0. The van der Waals surface area contributed by atoms with Gasteiger partial charge in [-0.2, -0.15) is 0 Å². The molecule has 0 N–H and O–H groups in total. The van der Waals surface area contributed by atoms with Crippen molar-refractivity contribution >= 4 is 11.0 Å². The third-order valence-electron chi connectivity index (χ3n) is 6.48. The summed E-state index contributed by atoms with van der Waals surface area (Å²) >= 11 is 0. The number of nitrogens with zero attached hydrogens (tertiary/aromatic N) is 2. The summed E-state index contributed by atoms with van der Waals surface area (Å²) in [5.41, 5.74) is 7.24. The van der Waals surface area contributed by atoms with Crippen molar-refractivity contribution in [1.82, 2.24) is 9.55 Å². The second-order valence-electron chi connectivity index (χ2n) is 8.81. The van der Waals surface area contributed by atoms with Gasteiger partial charge in [0.25, 0.3) is 0 Å². The van der Waals surface area contributed by atoms with Crippen LogP contribution in [-0.2, 0) is 6.54 Å². The molecular weight excluding hydrogens is 416 g/mol. The maximum atomic E-state index is 6.09. The van der Waals surface area contributed by atoms with Gasteiger partial charge in [0, 0.05) is 6.54 Å². The molecule has 3 nitrogen and oxygen atoms in total. The van der Waals surface area contributed by atoms with E-state index in [1.807, 2.05) is 0 Å². The molecule has 0 radical (unpaired) electrons. The predicted molar refractivity (Wildman–Crippen MR) is 140 cm³/mol. The summed E-state index contributed by atoms with van der Waals surface area (Å²) in [6.45, 7) is 5.76. The number of benzene rings is 4. The molecule has 0 aliphatic rings. The van der Waals surface area contributed by atoms with Crippen molar-refractivity contribution in [3.8, 4) is 5.75 Å². The van der Waals surface area contributed by atoms with Crippen LogP contribution in [0.15, 0.2) is 103 Å². The van der Waals surface area contributed by atoms with E-state index in [-0.39, 0.29) is 5.92 Å². The van der Waals surface area contributed by atoms with Gasteiger partial charge in [0.15, 0.2) is 0 Å². The number of ether oxygens (including phenoxy) is 1. The predicted octanol–water partition coefficient (Wildman–Crippen LogP) is 7.30. The summed E-state index contributed by atoms with van der Waals surface area (Å²) in [6, 6.07) is 36.1. The molecule has 0 saturated heterocycles. The molecule has 0 saturated carbocycles. The highest BCUT2D eigenvalue weighted by atomic mass is 16.5. The van der Waals surface area contributed by atoms with E-state index in [2.05, 4.69) is 122 Å². The van der Waals surface area contributed by atoms with Crippen molar-refractivity contribution in [2.45, 2.75) is 32.7 Å². The lowest BCUT2D eigenvalue weighted by atomic mass is 9.90. The lowest BCUT2D eigenvalue weighted by Gasteiger charge is -2.20. The highest BCUT2D eigenvalue weighted by Gasteiger charge is 2.23. The smallest absolute Gasteiger partial charge is 0.121 e. The number of aromatic nitrogens is 2. The van der Waals surface area contributed by atoms with Crippen LogP contribution in [0, 0.1) is 13.8 Å². The van der Waals surface area contributed by atoms with E-state index in [0.29, 0.717) is 6.61 Å². The van der Waals surface area contributed by atoms with Crippen molar-refractivity contribution in [1.29, 1.82) is 0 Å². The van der Waals surface area contributed by atoms with Crippen molar-refractivity contribution in [3.63, 3.8) is 0 Å². The van der Waals surface area contributed by atoms with Gasteiger partial charge >= 0.3 is 0 Å². The van der Waals surface area contributed by atoms with Crippen LogP contribution in [0.4, 0.5) is 0 Å². The first-order valence-corrected chi connectivity index (χ1v) is 12.0. The van der Waals surface area contributed by atoms with E-state index in [1.165, 1.54) is 27.8 Å². The molecule has 5 aromatic rings. The number of para-hydroxylation sites is 2. The van der Waals surface area contributed by atoms with Gasteiger partial charge in [-0.15, -0.1) is 0 Å². The second-order valence-corrected chi connectivity index (χ2v) is 8.81. The first-order chi connectivity index (χ1) is 16.7. The lowest BCUT2D eigenvalue weighted by molar-refractivity contribution is 0.301. The van der Waals surface area contributed by atoms with E-state index < -0.39 is 0 Å². The molecule has 0 fully saturated rings. The van der Waals surface area contributed by atoms with Gasteiger partial charge in [0.2, 0.25) is 0 Å². The van der Waals surface area contributed by atoms with Gasteiger partial charge < -0.3 is 9.30 Å². The van der Waals surface area contributed by atoms with E-state index in [4.69, 9.17) is 9.72 Å². The minimum atomic E-state index is 0.0652. The summed E-state index contributed by atoms with van der Waals surface area (Å²) in [5.74, 6) is 2.07. The molecule has 170 valence electrons. The molecule has 34 heavy (non-hydrogen) atoms. The molecule has 0 aliphatic heterocycles. The number of hydrogen-bond acceptors (Lipinski definition) is 2. The van der Waals surface area contributed by atoms with Crippen molar-refractivity contribution < 1.29 is 4.74 Å². The van der Waals surface area contributed by atoms with Gasteiger partial charge in [0.05, 0.1) is 23.6 Å². The fourth-order valence-corrected chi connectivity index (χ4v) is 4.55. The summed E-state index contributed by atoms with van der Waals surface area (Å²) in [4.78, 5) is 5.15. The van der Waals surface area contributed by atoms with Crippen LogP contribution >= 0.6 is 0 Å². The molecule has 0 bridgehead atoms. The van der Waals surface area contributed by atoms with E-state index in [9.17, 15) is 0 Å². The van der Waals surface area contributed by atoms with Gasteiger partial charge in [-0.1, -0.05) is 78.9 Å². The third kappa shape index (κ3) is 4.60. The molecule has 3 heteroatoms. The maximum Gasteiger partial charge on any atom is 0.121 e. The molecular formula is C31H30N2O. The highest BCUT2D eigenvalue weighted by molar-refractivity contribution is 5.76. The molecule has 0 unspecified atom stereocenters. The van der Waals surface area contributed by atoms with Crippen molar-refractivity contribution in [2.24, 2.45) is 0 Å². The minimum Gasteiger partial charge on any atom is -0.494 e. The summed E-state index contributed by atoms with van der Waals surface area (Å²) < 4.78 is 8.47. The fraction of sp³-hybridized carbons (Fsp3) is 0.194. The average molecular weight is 447 g/mol. The molecule has 0 spiro atoms. The van der Waals surface area contributed by atoms with Crippen LogP contribution < -0.4 is 4.74 Å². The number of fused-ring (bicyclic) bond motifs is 1. The van der Waals surface area contributed by atoms with E-state index in [0.717, 1.165) is 30.1 Å². The monoisotopic (exact) mass is 446 g/mol. The van der Waals surface area contributed by atoms with Gasteiger partial charge in [-0.3, -0.25) is 0 Å². The SMILES string of the molecule is Cc1ccc(OCCCn2c(C(c3ccccc3)c3ccccc3)nc3ccccc32)cc1C. The Balaban J connectivity index is 1.47. The Hall–Kier alpha value is -3.85. The van der Waals surface area contributed by atoms with Crippen molar-refractivity contribution in [2.75, 3.05) is 6.61 Å². The van der Waals surface area contributed by atoms with Crippen LogP contribution in [-0.4, -0.2) is 16.2 Å². The number of rotatable bonds is 8. The molecule has 0 aliphatic carbocycles. The quantitative estimate of drug-likeness (QED) is 0.234. The average Bonchev–Trinajstić information content (AvgIpc) is 3.23. The van der Waals surface area contributed by atoms with Crippen molar-refractivity contribution in [3.05, 3.63) is 131 Å². The molecule has 1 heterocycles. The first-order valence-electron chi connectivity index (χ1n) is 12.0. The zero-order valence-electron chi connectivity index (χ0n) is 19.8. The fourth-order valence-electron chi connectivity index (χ4n) is 4.55. The lowest BCUT2D eigenvalue weighted by Crippen LogP contribution is -2.13. The van der Waals surface area contributed by atoms with Gasteiger partial charge in [-0.05, 0) is 66.8 Å². The van der Waals surface area contributed by atoms with E-state index in [1.54, 1.807) is 0 Å². The highest BCUT2D eigenvalue weighted by Crippen LogP contribution is 2.33.